The van der Waals surface area contributed by atoms with Gasteiger partial charge < -0.3 is 9.47 Å². The van der Waals surface area contributed by atoms with Crippen LogP contribution in [-0.2, 0) is 19.1 Å². The molecule has 13 heavy (non-hydrogen) atoms. The van der Waals surface area contributed by atoms with Crippen LogP contribution in [0.4, 0.5) is 0 Å². The van der Waals surface area contributed by atoms with E-state index in [1.807, 2.05) is 0 Å². The van der Waals surface area contributed by atoms with Crippen molar-refractivity contribution in [3.63, 3.8) is 0 Å². The highest BCUT2D eigenvalue weighted by Crippen LogP contribution is 2.30. The van der Waals surface area contributed by atoms with Crippen LogP contribution in [-0.4, -0.2) is 22.3 Å². The largest absolute Gasteiger partial charge is 0.425 e. The molecule has 1 unspecified atom stereocenters. The van der Waals surface area contributed by atoms with Crippen LogP contribution in [0.25, 0.3) is 0 Å². The van der Waals surface area contributed by atoms with Crippen molar-refractivity contribution in [1.82, 2.24) is 0 Å². The maximum Gasteiger partial charge on any atom is 0.335 e. The van der Waals surface area contributed by atoms with Crippen LogP contribution in [0.15, 0.2) is 0 Å². The van der Waals surface area contributed by atoms with Crippen molar-refractivity contribution >= 4 is 37.2 Å². The molecule has 74 valence electrons. The molecule has 1 aliphatic rings. The van der Waals surface area contributed by atoms with Gasteiger partial charge in [-0.05, 0) is 0 Å². The number of carbonyl (C=O) groups excluding carboxylic acids is 2. The van der Waals surface area contributed by atoms with E-state index < -0.39 is 22.3 Å². The van der Waals surface area contributed by atoms with Crippen molar-refractivity contribution in [3.8, 4) is 0 Å². The molecule has 0 N–H and O–H groups in total. The second-order valence-electron chi connectivity index (χ2n) is 2.73. The van der Waals surface area contributed by atoms with Gasteiger partial charge in [0.25, 0.3) is 0 Å². The van der Waals surface area contributed by atoms with Crippen molar-refractivity contribution in [2.45, 2.75) is 30.1 Å². The lowest BCUT2D eigenvalue weighted by Crippen LogP contribution is -2.29. The fourth-order valence-corrected chi connectivity index (χ4v) is 1.23. The zero-order valence-electron chi connectivity index (χ0n) is 7.02. The molecule has 0 spiro atoms. The molecular formula is C7H10O4S2. The van der Waals surface area contributed by atoms with Gasteiger partial charge in [-0.3, -0.25) is 4.79 Å². The van der Waals surface area contributed by atoms with E-state index in [2.05, 4.69) is 25.3 Å². The topological polar surface area (TPSA) is 52.6 Å². The van der Waals surface area contributed by atoms with Gasteiger partial charge in [0.05, 0.1) is 6.42 Å². The monoisotopic (exact) mass is 222 g/mol. The van der Waals surface area contributed by atoms with Crippen LogP contribution in [0, 0.1) is 0 Å². The molecule has 1 heterocycles. The van der Waals surface area contributed by atoms with Gasteiger partial charge in [-0.1, -0.05) is 6.92 Å². The average molecular weight is 222 g/mol. The number of hydrogen-bond acceptors (Lipinski definition) is 6. The molecule has 1 saturated heterocycles. The second kappa shape index (κ2) is 3.79. The number of hydrogen-bond donors (Lipinski definition) is 2. The van der Waals surface area contributed by atoms with Gasteiger partial charge in [-0.25, -0.2) is 4.79 Å². The van der Waals surface area contributed by atoms with Crippen molar-refractivity contribution in [1.29, 1.82) is 0 Å². The number of carbonyl (C=O) groups is 2. The number of rotatable bonds is 1. The van der Waals surface area contributed by atoms with Crippen LogP contribution in [0.5, 0.6) is 0 Å². The SMILES string of the molecule is CCC1OC(=O)CC(S)(S)C(=O)O1. The number of esters is 2. The smallest absolute Gasteiger partial charge is 0.335 e. The Labute approximate surface area is 86.8 Å². The first-order chi connectivity index (χ1) is 5.95. The first-order valence-electron chi connectivity index (χ1n) is 3.81. The average Bonchev–Trinajstić information content (AvgIpc) is 2.09. The molecule has 0 bridgehead atoms. The van der Waals surface area contributed by atoms with E-state index in [9.17, 15) is 9.59 Å². The molecule has 0 aromatic carbocycles. The summed E-state index contributed by atoms with van der Waals surface area (Å²) in [6.07, 6.45) is -0.565. The van der Waals surface area contributed by atoms with Crippen LogP contribution in [0.3, 0.4) is 0 Å². The zero-order chi connectivity index (χ0) is 10.1. The summed E-state index contributed by atoms with van der Waals surface area (Å²) in [6, 6.07) is 0. The summed E-state index contributed by atoms with van der Waals surface area (Å²) >= 11 is 7.82. The predicted molar refractivity (Wildman–Crippen MR) is 51.6 cm³/mol. The van der Waals surface area contributed by atoms with E-state index >= 15 is 0 Å². The van der Waals surface area contributed by atoms with Gasteiger partial charge in [0.2, 0.25) is 6.29 Å². The van der Waals surface area contributed by atoms with Crippen LogP contribution in [0.1, 0.15) is 19.8 Å². The summed E-state index contributed by atoms with van der Waals surface area (Å²) in [5.41, 5.74) is 0. The Bertz CT molecular complexity index is 239. The Morgan fingerprint density at radius 1 is 1.46 bits per heavy atom. The van der Waals surface area contributed by atoms with Crippen molar-refractivity contribution in [3.05, 3.63) is 0 Å². The fourth-order valence-electron chi connectivity index (χ4n) is 0.866. The Hall–Kier alpha value is -0.360. The summed E-state index contributed by atoms with van der Waals surface area (Å²) < 4.78 is 8.22. The molecule has 4 nitrogen and oxygen atoms in total. The highest BCUT2D eigenvalue weighted by molar-refractivity contribution is 8.02. The minimum Gasteiger partial charge on any atom is -0.425 e. The van der Waals surface area contributed by atoms with E-state index in [1.54, 1.807) is 6.92 Å². The molecule has 0 saturated carbocycles. The summed E-state index contributed by atoms with van der Waals surface area (Å²) in [6.45, 7) is 1.75. The number of ether oxygens (including phenoxy) is 2. The molecule has 1 aliphatic heterocycles. The quantitative estimate of drug-likeness (QED) is 0.391. The predicted octanol–water partition coefficient (Wildman–Crippen LogP) is 0.768. The normalized spacial score (nSPS) is 27.5. The Morgan fingerprint density at radius 3 is 2.62 bits per heavy atom. The zero-order valence-corrected chi connectivity index (χ0v) is 8.81. The lowest BCUT2D eigenvalue weighted by atomic mass is 10.3. The summed E-state index contributed by atoms with van der Waals surface area (Å²) in [5, 5.41) is 0. The maximum atomic E-state index is 11.2. The highest BCUT2D eigenvalue weighted by atomic mass is 32.2. The molecule has 0 radical (unpaired) electrons. The standard InChI is InChI=1S/C7H10O4S2/c1-2-5-10-4(8)3-7(12,13)6(9)11-5/h5,12-13H,2-3H2,1H3. The molecule has 6 heteroatoms. The van der Waals surface area contributed by atoms with E-state index in [0.29, 0.717) is 6.42 Å². The van der Waals surface area contributed by atoms with Crippen molar-refractivity contribution < 1.29 is 19.1 Å². The van der Waals surface area contributed by atoms with Crippen molar-refractivity contribution in [2.24, 2.45) is 0 Å². The summed E-state index contributed by atoms with van der Waals surface area (Å²) in [7, 11) is 0. The van der Waals surface area contributed by atoms with Crippen LogP contribution < -0.4 is 0 Å². The van der Waals surface area contributed by atoms with Gasteiger partial charge >= 0.3 is 11.9 Å². The lowest BCUT2D eigenvalue weighted by molar-refractivity contribution is -0.180. The first-order valence-corrected chi connectivity index (χ1v) is 4.70. The molecule has 1 fully saturated rings. The van der Waals surface area contributed by atoms with Gasteiger partial charge in [-0.2, -0.15) is 0 Å². The summed E-state index contributed by atoms with van der Waals surface area (Å²) in [4.78, 5) is 22.3. The fraction of sp³-hybridized carbons (Fsp3) is 0.714. The van der Waals surface area contributed by atoms with Gasteiger partial charge in [-0.15, -0.1) is 25.3 Å². The summed E-state index contributed by atoms with van der Waals surface area (Å²) in [5.74, 6) is -1.17. The van der Waals surface area contributed by atoms with E-state index in [-0.39, 0.29) is 6.42 Å². The maximum absolute atomic E-state index is 11.2. The Morgan fingerprint density at radius 2 is 2.08 bits per heavy atom. The molecule has 0 aromatic rings. The van der Waals surface area contributed by atoms with Crippen LogP contribution in [0.2, 0.25) is 0 Å². The second-order valence-corrected chi connectivity index (χ2v) is 4.61. The highest BCUT2D eigenvalue weighted by Gasteiger charge is 2.40. The number of thiol groups is 2. The molecule has 0 aromatic heterocycles. The molecule has 0 amide bonds. The molecule has 1 atom stereocenters. The minimum absolute atomic E-state index is 0.186. The first kappa shape index (κ1) is 10.7. The van der Waals surface area contributed by atoms with E-state index in [1.165, 1.54) is 0 Å². The minimum atomic E-state index is -1.37. The van der Waals surface area contributed by atoms with E-state index in [4.69, 9.17) is 9.47 Å². The molecule has 1 rings (SSSR count). The molecule has 0 aliphatic carbocycles. The third kappa shape index (κ3) is 2.54. The van der Waals surface area contributed by atoms with Gasteiger partial charge in [0.15, 0.2) is 4.08 Å². The van der Waals surface area contributed by atoms with Gasteiger partial charge in [0.1, 0.15) is 0 Å². The Kier molecular flexibility index (Phi) is 3.13. The third-order valence-electron chi connectivity index (χ3n) is 1.55. The van der Waals surface area contributed by atoms with Crippen molar-refractivity contribution in [2.75, 3.05) is 0 Å². The van der Waals surface area contributed by atoms with Gasteiger partial charge in [0, 0.05) is 6.42 Å². The number of cyclic esters (lactones) is 2. The lowest BCUT2D eigenvalue weighted by Gasteiger charge is -2.15. The van der Waals surface area contributed by atoms with Crippen LogP contribution >= 0.6 is 25.3 Å². The molecular weight excluding hydrogens is 212 g/mol. The third-order valence-corrected chi connectivity index (χ3v) is 2.23. The van der Waals surface area contributed by atoms with E-state index in [0.717, 1.165) is 0 Å². The Balaban J connectivity index is 2.80.